The van der Waals surface area contributed by atoms with Gasteiger partial charge in [0.15, 0.2) is 5.84 Å². The zero-order valence-corrected chi connectivity index (χ0v) is 25.7. The second kappa shape index (κ2) is 12.3. The Kier molecular flexibility index (Phi) is 7.37. The molecule has 0 saturated heterocycles. The number of amidine groups is 2. The van der Waals surface area contributed by atoms with Crippen LogP contribution in [-0.2, 0) is 6.54 Å². The summed E-state index contributed by atoms with van der Waals surface area (Å²) in [5.41, 5.74) is 15.6. The Morgan fingerprint density at radius 3 is 2.00 bits per heavy atom. The van der Waals surface area contributed by atoms with Crippen molar-refractivity contribution in [3.05, 3.63) is 180 Å². The first-order chi connectivity index (χ1) is 23.2. The average molecular weight is 606 g/mol. The molecule has 0 fully saturated rings. The molecule has 0 unspecified atom stereocenters. The highest BCUT2D eigenvalue weighted by Gasteiger charge is 2.16. The van der Waals surface area contributed by atoms with Crippen molar-refractivity contribution in [1.29, 1.82) is 0 Å². The summed E-state index contributed by atoms with van der Waals surface area (Å²) in [4.78, 5) is 10.0. The molecule has 0 bridgehead atoms. The zero-order valence-electron chi connectivity index (χ0n) is 25.7. The number of benzene rings is 7. The SMILES string of the molecule is NC(=NC(=NCc1ccc(-c2ccc3ccccc3c2)cc1)c1cccc2oc3cc(-c4ccccc4)ccc3c12)c1ccccc1. The van der Waals surface area contributed by atoms with Crippen molar-refractivity contribution in [2.45, 2.75) is 6.54 Å². The topological polar surface area (TPSA) is 63.9 Å². The van der Waals surface area contributed by atoms with Gasteiger partial charge in [-0.1, -0.05) is 140 Å². The molecule has 1 aromatic heterocycles. The quantitative estimate of drug-likeness (QED) is 0.151. The molecule has 0 spiro atoms. The predicted molar refractivity (Wildman–Crippen MR) is 196 cm³/mol. The fourth-order valence-electron chi connectivity index (χ4n) is 6.13. The molecule has 1 heterocycles. The number of furan rings is 1. The molecule has 0 radical (unpaired) electrons. The molecule has 0 aliphatic rings. The van der Waals surface area contributed by atoms with Crippen LogP contribution in [0.1, 0.15) is 16.7 Å². The largest absolute Gasteiger partial charge is 0.456 e. The van der Waals surface area contributed by atoms with Gasteiger partial charge in [0.2, 0.25) is 0 Å². The minimum absolute atomic E-state index is 0.409. The van der Waals surface area contributed by atoms with E-state index < -0.39 is 0 Å². The van der Waals surface area contributed by atoms with Gasteiger partial charge in [-0.3, -0.25) is 4.99 Å². The Bertz CT molecular complexity index is 2420. The van der Waals surface area contributed by atoms with Crippen LogP contribution in [0.25, 0.3) is 55.0 Å². The van der Waals surface area contributed by atoms with Crippen molar-refractivity contribution >= 4 is 44.4 Å². The normalized spacial score (nSPS) is 12.3. The molecule has 7 aromatic carbocycles. The lowest BCUT2D eigenvalue weighted by Gasteiger charge is -2.08. The summed E-state index contributed by atoms with van der Waals surface area (Å²) in [5, 5.41) is 4.45. The molecule has 0 amide bonds. The molecule has 4 nitrogen and oxygen atoms in total. The third-order valence-electron chi connectivity index (χ3n) is 8.59. The number of nitrogens with two attached hydrogens (primary N) is 1. The summed E-state index contributed by atoms with van der Waals surface area (Å²) in [6.07, 6.45) is 0. The maximum Gasteiger partial charge on any atom is 0.158 e. The molecule has 2 N–H and O–H groups in total. The first-order valence-electron chi connectivity index (χ1n) is 15.7. The minimum Gasteiger partial charge on any atom is -0.456 e. The number of hydrogen-bond acceptors (Lipinski definition) is 2. The van der Waals surface area contributed by atoms with Crippen molar-refractivity contribution in [1.82, 2.24) is 0 Å². The van der Waals surface area contributed by atoms with Crippen LogP contribution in [0.15, 0.2) is 178 Å². The zero-order chi connectivity index (χ0) is 31.6. The van der Waals surface area contributed by atoms with Gasteiger partial charge in [0, 0.05) is 21.9 Å². The Balaban J connectivity index is 1.18. The minimum atomic E-state index is 0.409. The van der Waals surface area contributed by atoms with E-state index in [-0.39, 0.29) is 0 Å². The van der Waals surface area contributed by atoms with Crippen LogP contribution in [0.2, 0.25) is 0 Å². The molecular formula is C43H31N3O. The van der Waals surface area contributed by atoms with E-state index in [0.717, 1.165) is 49.8 Å². The molecule has 0 aliphatic heterocycles. The van der Waals surface area contributed by atoms with E-state index in [0.29, 0.717) is 18.2 Å². The van der Waals surface area contributed by atoms with Gasteiger partial charge < -0.3 is 10.2 Å². The predicted octanol–water partition coefficient (Wildman–Crippen LogP) is 10.4. The second-order valence-electron chi connectivity index (χ2n) is 11.6. The summed E-state index contributed by atoms with van der Waals surface area (Å²) >= 11 is 0. The molecule has 0 aliphatic carbocycles. The van der Waals surface area contributed by atoms with Gasteiger partial charge in [-0.05, 0) is 62.9 Å². The Morgan fingerprint density at radius 1 is 0.532 bits per heavy atom. The van der Waals surface area contributed by atoms with Crippen LogP contribution in [0, 0.1) is 0 Å². The van der Waals surface area contributed by atoms with E-state index in [2.05, 4.69) is 97.1 Å². The van der Waals surface area contributed by atoms with Gasteiger partial charge in [0.25, 0.3) is 0 Å². The van der Waals surface area contributed by atoms with Gasteiger partial charge in [0.1, 0.15) is 17.0 Å². The second-order valence-corrected chi connectivity index (χ2v) is 11.6. The molecule has 0 atom stereocenters. The van der Waals surface area contributed by atoms with Gasteiger partial charge in [-0.2, -0.15) is 0 Å². The summed E-state index contributed by atoms with van der Waals surface area (Å²) in [7, 11) is 0. The van der Waals surface area contributed by atoms with Gasteiger partial charge in [0.05, 0.1) is 6.54 Å². The van der Waals surface area contributed by atoms with E-state index >= 15 is 0 Å². The van der Waals surface area contributed by atoms with Crippen molar-refractivity contribution in [3.63, 3.8) is 0 Å². The van der Waals surface area contributed by atoms with Crippen LogP contribution in [-0.4, -0.2) is 11.7 Å². The molecule has 8 rings (SSSR count). The van der Waals surface area contributed by atoms with E-state index in [9.17, 15) is 0 Å². The van der Waals surface area contributed by atoms with E-state index in [1.165, 1.54) is 21.9 Å². The van der Waals surface area contributed by atoms with Crippen LogP contribution >= 0.6 is 0 Å². The summed E-state index contributed by atoms with van der Waals surface area (Å²) < 4.78 is 6.41. The maximum absolute atomic E-state index is 6.59. The van der Waals surface area contributed by atoms with Crippen LogP contribution in [0.5, 0.6) is 0 Å². The monoisotopic (exact) mass is 605 g/mol. The summed E-state index contributed by atoms with van der Waals surface area (Å²) in [5.74, 6) is 0.970. The van der Waals surface area contributed by atoms with E-state index in [1.807, 2.05) is 66.7 Å². The first kappa shape index (κ1) is 28.2. The Morgan fingerprint density at radius 2 is 1.19 bits per heavy atom. The third-order valence-corrected chi connectivity index (χ3v) is 8.59. The van der Waals surface area contributed by atoms with Crippen molar-refractivity contribution in [2.75, 3.05) is 0 Å². The van der Waals surface area contributed by atoms with E-state index in [1.54, 1.807) is 0 Å². The smallest absolute Gasteiger partial charge is 0.158 e. The Labute approximate surface area is 273 Å². The van der Waals surface area contributed by atoms with Crippen LogP contribution in [0.3, 0.4) is 0 Å². The lowest BCUT2D eigenvalue weighted by atomic mass is 10.0. The lowest BCUT2D eigenvalue weighted by Crippen LogP contribution is -2.16. The van der Waals surface area contributed by atoms with Gasteiger partial charge in [-0.15, -0.1) is 0 Å². The first-order valence-corrected chi connectivity index (χ1v) is 15.7. The van der Waals surface area contributed by atoms with Crippen LogP contribution in [0.4, 0.5) is 0 Å². The Hall–Kier alpha value is -6.26. The third kappa shape index (κ3) is 5.69. The summed E-state index contributed by atoms with van der Waals surface area (Å²) in [6, 6.07) is 56.1. The van der Waals surface area contributed by atoms with Crippen molar-refractivity contribution in [3.8, 4) is 22.3 Å². The molecular weight excluding hydrogens is 574 g/mol. The fraction of sp³-hybridized carbons (Fsp3) is 0.0233. The molecule has 4 heteroatoms. The maximum atomic E-state index is 6.59. The summed E-state index contributed by atoms with van der Waals surface area (Å²) in [6.45, 7) is 0.448. The highest BCUT2D eigenvalue weighted by molar-refractivity contribution is 6.21. The van der Waals surface area contributed by atoms with Crippen LogP contribution < -0.4 is 5.73 Å². The molecule has 224 valence electrons. The number of hydrogen-bond donors (Lipinski definition) is 1. The van der Waals surface area contributed by atoms with Gasteiger partial charge in [-0.25, -0.2) is 4.99 Å². The van der Waals surface area contributed by atoms with Gasteiger partial charge >= 0.3 is 0 Å². The highest BCUT2D eigenvalue weighted by Crippen LogP contribution is 2.35. The number of fused-ring (bicyclic) bond motifs is 4. The fourth-order valence-corrected chi connectivity index (χ4v) is 6.13. The van der Waals surface area contributed by atoms with E-state index in [4.69, 9.17) is 20.1 Å². The molecule has 8 aromatic rings. The van der Waals surface area contributed by atoms with Crippen molar-refractivity contribution in [2.24, 2.45) is 15.7 Å². The molecule has 47 heavy (non-hydrogen) atoms. The number of nitrogens with zero attached hydrogens (tertiary/aromatic N) is 2. The average Bonchev–Trinajstić information content (AvgIpc) is 3.52. The standard InChI is InChI=1S/C43H31N3O/c44-42(33-13-5-2-6-14-33)46-43(45-28-29-18-20-32(21-19-29)35-23-22-31-12-7-8-15-34(31)26-35)38-16-9-17-39-41(38)37-25-24-36(27-40(37)47-39)30-10-3-1-4-11-30/h1-27H,28H2,(H2,44,45,46). The lowest BCUT2D eigenvalue weighted by molar-refractivity contribution is 0.669. The number of rotatable bonds is 6. The van der Waals surface area contributed by atoms with Crippen molar-refractivity contribution < 1.29 is 4.42 Å². The highest BCUT2D eigenvalue weighted by atomic mass is 16.3. The number of aliphatic imine (C=N–C) groups is 2. The molecule has 0 saturated carbocycles.